The lowest BCUT2D eigenvalue weighted by Crippen LogP contribution is -2.41. The van der Waals surface area contributed by atoms with Crippen LogP contribution in [0.1, 0.15) is 23.2 Å². The fourth-order valence-corrected chi connectivity index (χ4v) is 2.93. The van der Waals surface area contributed by atoms with E-state index in [4.69, 9.17) is 21.7 Å². The number of thiocarbonyl (C=S) groups is 1. The van der Waals surface area contributed by atoms with Gasteiger partial charge in [-0.25, -0.2) is 0 Å². The van der Waals surface area contributed by atoms with Gasteiger partial charge >= 0.3 is 0 Å². The van der Waals surface area contributed by atoms with Crippen molar-refractivity contribution in [1.29, 1.82) is 0 Å². The Labute approximate surface area is 144 Å². The molecular formula is C15H19BrN2O3S. The lowest BCUT2D eigenvalue weighted by molar-refractivity contribution is 0.0973. The number of nitrogens with zero attached hydrogens (tertiary/aromatic N) is 1. The van der Waals surface area contributed by atoms with Crippen molar-refractivity contribution in [2.45, 2.75) is 12.8 Å². The van der Waals surface area contributed by atoms with Gasteiger partial charge in [-0.15, -0.1) is 0 Å². The number of likely N-dealkylation sites (tertiary alicyclic amines) is 1. The highest BCUT2D eigenvalue weighted by Crippen LogP contribution is 2.26. The maximum atomic E-state index is 12.2. The minimum absolute atomic E-state index is 0.207. The van der Waals surface area contributed by atoms with E-state index in [1.165, 1.54) is 0 Å². The minimum Gasteiger partial charge on any atom is -0.490 e. The zero-order chi connectivity index (χ0) is 15.9. The summed E-state index contributed by atoms with van der Waals surface area (Å²) in [6.07, 6.45) is 2.24. The van der Waals surface area contributed by atoms with E-state index >= 15 is 0 Å². The molecule has 22 heavy (non-hydrogen) atoms. The van der Waals surface area contributed by atoms with Crippen LogP contribution in [0.2, 0.25) is 0 Å². The van der Waals surface area contributed by atoms with Crippen LogP contribution in [0.15, 0.2) is 22.7 Å². The molecule has 1 aromatic rings. The number of carbonyl (C=O) groups excluding carboxylic acids is 1. The van der Waals surface area contributed by atoms with Crippen molar-refractivity contribution in [3.63, 3.8) is 0 Å². The van der Waals surface area contributed by atoms with Gasteiger partial charge in [-0.05, 0) is 59.2 Å². The van der Waals surface area contributed by atoms with Crippen molar-refractivity contribution in [2.24, 2.45) is 0 Å². The van der Waals surface area contributed by atoms with Crippen molar-refractivity contribution >= 4 is 39.2 Å². The number of nitrogens with one attached hydrogen (secondary N) is 1. The van der Waals surface area contributed by atoms with Gasteiger partial charge in [-0.2, -0.15) is 0 Å². The van der Waals surface area contributed by atoms with E-state index in [9.17, 15) is 4.79 Å². The molecule has 0 unspecified atom stereocenters. The van der Waals surface area contributed by atoms with Crippen LogP contribution in [0.5, 0.6) is 5.75 Å². The van der Waals surface area contributed by atoms with Crippen LogP contribution >= 0.6 is 28.1 Å². The topological polar surface area (TPSA) is 50.8 Å². The Morgan fingerprint density at radius 1 is 1.36 bits per heavy atom. The fraction of sp³-hybridized carbons (Fsp3) is 0.467. The maximum absolute atomic E-state index is 12.2. The molecule has 1 heterocycles. The molecule has 120 valence electrons. The largest absolute Gasteiger partial charge is 0.490 e. The second kappa shape index (κ2) is 8.45. The third-order valence-electron chi connectivity index (χ3n) is 3.35. The summed E-state index contributed by atoms with van der Waals surface area (Å²) in [7, 11) is 1.62. The van der Waals surface area contributed by atoms with Crippen LogP contribution in [0.4, 0.5) is 0 Å². The van der Waals surface area contributed by atoms with Gasteiger partial charge in [-0.1, -0.05) is 0 Å². The number of benzene rings is 1. The number of ether oxygens (including phenoxy) is 2. The van der Waals surface area contributed by atoms with Crippen molar-refractivity contribution in [1.82, 2.24) is 10.2 Å². The van der Waals surface area contributed by atoms with Crippen LogP contribution in [0, 0.1) is 0 Å². The van der Waals surface area contributed by atoms with E-state index in [1.807, 2.05) is 4.90 Å². The molecule has 1 fully saturated rings. The summed E-state index contributed by atoms with van der Waals surface area (Å²) in [5.41, 5.74) is 0.535. The molecule has 1 N–H and O–H groups in total. The molecule has 0 aliphatic carbocycles. The summed E-state index contributed by atoms with van der Waals surface area (Å²) in [5.74, 6) is 0.469. The second-order valence-electron chi connectivity index (χ2n) is 4.94. The fourth-order valence-electron chi connectivity index (χ4n) is 2.16. The molecule has 0 spiro atoms. The smallest absolute Gasteiger partial charge is 0.257 e. The number of hydrogen-bond donors (Lipinski definition) is 1. The number of amides is 1. The molecule has 0 radical (unpaired) electrons. The Morgan fingerprint density at radius 3 is 2.73 bits per heavy atom. The average molecular weight is 387 g/mol. The summed E-state index contributed by atoms with van der Waals surface area (Å²) >= 11 is 8.67. The van der Waals surface area contributed by atoms with Crippen LogP contribution in [0.3, 0.4) is 0 Å². The van der Waals surface area contributed by atoms with E-state index in [0.717, 1.165) is 30.4 Å². The zero-order valence-electron chi connectivity index (χ0n) is 12.4. The SMILES string of the molecule is COCCOc1ccc(C(=O)NC(=S)N2CCCC2)cc1Br. The van der Waals surface area contributed by atoms with Gasteiger partial charge in [0, 0.05) is 25.8 Å². The highest BCUT2D eigenvalue weighted by atomic mass is 79.9. The average Bonchev–Trinajstić information content (AvgIpc) is 3.03. The number of halogens is 1. The lowest BCUT2D eigenvalue weighted by Gasteiger charge is -2.18. The standard InChI is InChI=1S/C15H19BrN2O3S/c1-20-8-9-21-13-5-4-11(10-12(13)16)14(19)17-15(22)18-6-2-3-7-18/h4-5,10H,2-3,6-9H2,1H3,(H,17,19,22). The predicted molar refractivity (Wildman–Crippen MR) is 92.4 cm³/mol. The van der Waals surface area contributed by atoms with Crippen molar-refractivity contribution in [2.75, 3.05) is 33.4 Å². The van der Waals surface area contributed by atoms with Gasteiger partial charge < -0.3 is 14.4 Å². The first-order chi connectivity index (χ1) is 10.6. The molecule has 0 bridgehead atoms. The van der Waals surface area contributed by atoms with Gasteiger partial charge in [0.05, 0.1) is 11.1 Å². The Balaban J connectivity index is 1.94. The van der Waals surface area contributed by atoms with Crippen molar-refractivity contribution in [3.8, 4) is 5.75 Å². The Morgan fingerprint density at radius 2 is 2.09 bits per heavy atom. The molecule has 2 rings (SSSR count). The Hall–Kier alpha value is -1.18. The Kier molecular flexibility index (Phi) is 6.60. The van der Waals surface area contributed by atoms with Crippen molar-refractivity contribution in [3.05, 3.63) is 28.2 Å². The molecule has 1 aliphatic heterocycles. The number of rotatable bonds is 5. The molecule has 1 saturated heterocycles. The van der Waals surface area contributed by atoms with Crippen molar-refractivity contribution < 1.29 is 14.3 Å². The summed E-state index contributed by atoms with van der Waals surface area (Å²) in [5, 5.41) is 3.27. The molecule has 1 aromatic carbocycles. The highest BCUT2D eigenvalue weighted by Gasteiger charge is 2.17. The first kappa shape index (κ1) is 17.2. The number of carbonyl (C=O) groups is 1. The maximum Gasteiger partial charge on any atom is 0.257 e. The van der Waals surface area contributed by atoms with E-state index in [1.54, 1.807) is 25.3 Å². The molecule has 7 heteroatoms. The molecule has 1 aliphatic rings. The van der Waals surface area contributed by atoms with Crippen LogP contribution in [-0.4, -0.2) is 49.3 Å². The van der Waals surface area contributed by atoms with Crippen LogP contribution < -0.4 is 10.1 Å². The van der Waals surface area contributed by atoms with Gasteiger partial charge in [-0.3, -0.25) is 10.1 Å². The van der Waals surface area contributed by atoms with E-state index in [2.05, 4.69) is 21.2 Å². The van der Waals surface area contributed by atoms with Crippen LogP contribution in [0.25, 0.3) is 0 Å². The minimum atomic E-state index is -0.207. The first-order valence-electron chi connectivity index (χ1n) is 7.13. The summed E-state index contributed by atoms with van der Waals surface area (Å²) in [4.78, 5) is 14.2. The first-order valence-corrected chi connectivity index (χ1v) is 8.33. The third kappa shape index (κ3) is 4.66. The molecule has 0 atom stereocenters. The van der Waals surface area contributed by atoms with E-state index in [-0.39, 0.29) is 5.91 Å². The second-order valence-corrected chi connectivity index (χ2v) is 6.18. The summed E-state index contributed by atoms with van der Waals surface area (Å²) in [6.45, 7) is 2.79. The number of hydrogen-bond acceptors (Lipinski definition) is 4. The van der Waals surface area contributed by atoms with Gasteiger partial charge in [0.1, 0.15) is 12.4 Å². The van der Waals surface area contributed by atoms with Gasteiger partial charge in [0.25, 0.3) is 5.91 Å². The normalized spacial score (nSPS) is 14.0. The quantitative estimate of drug-likeness (QED) is 0.622. The number of methoxy groups -OCH3 is 1. The molecule has 0 aromatic heterocycles. The highest BCUT2D eigenvalue weighted by molar-refractivity contribution is 9.10. The monoisotopic (exact) mass is 386 g/mol. The summed E-state index contributed by atoms with van der Waals surface area (Å²) < 4.78 is 11.2. The van der Waals surface area contributed by atoms with Gasteiger partial charge in [0.15, 0.2) is 5.11 Å². The van der Waals surface area contributed by atoms with E-state index < -0.39 is 0 Å². The Bertz CT molecular complexity index is 548. The van der Waals surface area contributed by atoms with Crippen LogP contribution in [-0.2, 0) is 4.74 Å². The lowest BCUT2D eigenvalue weighted by atomic mass is 10.2. The molecule has 5 nitrogen and oxygen atoms in total. The predicted octanol–water partition coefficient (Wildman–Crippen LogP) is 2.58. The molecular weight excluding hydrogens is 368 g/mol. The van der Waals surface area contributed by atoms with E-state index in [0.29, 0.717) is 29.6 Å². The van der Waals surface area contributed by atoms with Gasteiger partial charge in [0.2, 0.25) is 0 Å². The molecule has 0 saturated carbocycles. The molecule has 1 amide bonds. The summed E-state index contributed by atoms with van der Waals surface area (Å²) in [6, 6.07) is 5.20. The zero-order valence-corrected chi connectivity index (χ0v) is 14.8. The third-order valence-corrected chi connectivity index (χ3v) is 4.33.